The molecule has 0 radical (unpaired) electrons. The van der Waals surface area contributed by atoms with Crippen LogP contribution < -0.4 is 5.73 Å². The molecule has 4 heteroatoms. The summed E-state index contributed by atoms with van der Waals surface area (Å²) >= 11 is 0. The summed E-state index contributed by atoms with van der Waals surface area (Å²) in [6, 6.07) is 14.1. The van der Waals surface area contributed by atoms with Gasteiger partial charge in [0, 0.05) is 34.0 Å². The highest BCUT2D eigenvalue weighted by Crippen LogP contribution is 2.30. The van der Waals surface area contributed by atoms with Crippen LogP contribution in [-0.2, 0) is 6.54 Å². The lowest BCUT2D eigenvalue weighted by molar-refractivity contribution is 0.280. The molecule has 2 aromatic carbocycles. The standard InChI is InChI=1S/C14H14N2O.ClH/c15-10-5-6-14-12(9-10)11-3-1-2-4-13(11)16(14)7-8-17;/h1-6,9,17H,7-8,15H2;1H. The third-order valence-corrected chi connectivity index (χ3v) is 3.12. The fourth-order valence-corrected chi connectivity index (χ4v) is 2.41. The SMILES string of the molecule is Cl.Nc1ccc2c(c1)c1ccccc1n2CCO. The molecule has 3 N–H and O–H groups in total. The number of hydrogen-bond acceptors (Lipinski definition) is 2. The first-order valence-electron chi connectivity index (χ1n) is 5.68. The number of nitrogens with zero attached hydrogens (tertiary/aromatic N) is 1. The number of aromatic nitrogens is 1. The maximum atomic E-state index is 9.17. The van der Waals surface area contributed by atoms with E-state index in [1.165, 1.54) is 5.39 Å². The Labute approximate surface area is 111 Å². The van der Waals surface area contributed by atoms with E-state index in [1.54, 1.807) is 0 Å². The highest BCUT2D eigenvalue weighted by molar-refractivity contribution is 6.08. The maximum absolute atomic E-state index is 9.17. The zero-order chi connectivity index (χ0) is 11.8. The number of aliphatic hydroxyl groups excluding tert-OH is 1. The molecule has 0 aliphatic carbocycles. The molecule has 0 spiro atoms. The van der Waals surface area contributed by atoms with Crippen molar-refractivity contribution < 1.29 is 5.11 Å². The molecule has 0 saturated carbocycles. The van der Waals surface area contributed by atoms with Crippen LogP contribution in [0.3, 0.4) is 0 Å². The van der Waals surface area contributed by atoms with Crippen molar-refractivity contribution in [1.82, 2.24) is 4.57 Å². The van der Waals surface area contributed by atoms with Gasteiger partial charge in [-0.1, -0.05) is 18.2 Å². The van der Waals surface area contributed by atoms with Gasteiger partial charge in [0.15, 0.2) is 0 Å². The van der Waals surface area contributed by atoms with Crippen LogP contribution in [0.1, 0.15) is 0 Å². The lowest BCUT2D eigenvalue weighted by atomic mass is 10.1. The summed E-state index contributed by atoms with van der Waals surface area (Å²) in [6.45, 7) is 0.742. The third-order valence-electron chi connectivity index (χ3n) is 3.12. The highest BCUT2D eigenvalue weighted by Gasteiger charge is 2.09. The number of nitrogen functional groups attached to an aromatic ring is 1. The van der Waals surface area contributed by atoms with Crippen molar-refractivity contribution in [2.75, 3.05) is 12.3 Å². The number of rotatable bonds is 2. The van der Waals surface area contributed by atoms with Gasteiger partial charge < -0.3 is 15.4 Å². The highest BCUT2D eigenvalue weighted by atomic mass is 35.5. The molecule has 94 valence electrons. The molecular weight excluding hydrogens is 248 g/mol. The molecule has 1 aromatic heterocycles. The average Bonchev–Trinajstić information content (AvgIpc) is 2.65. The summed E-state index contributed by atoms with van der Waals surface area (Å²) in [5.41, 5.74) is 8.87. The first-order chi connectivity index (χ1) is 8.31. The minimum Gasteiger partial charge on any atom is -0.399 e. The number of aliphatic hydroxyl groups is 1. The van der Waals surface area contributed by atoms with E-state index in [1.807, 2.05) is 30.3 Å². The van der Waals surface area contributed by atoms with Crippen molar-refractivity contribution in [2.24, 2.45) is 0 Å². The predicted molar refractivity (Wildman–Crippen MR) is 78.2 cm³/mol. The van der Waals surface area contributed by atoms with Gasteiger partial charge in [-0.15, -0.1) is 12.4 Å². The first-order valence-corrected chi connectivity index (χ1v) is 5.68. The summed E-state index contributed by atoms with van der Waals surface area (Å²) in [4.78, 5) is 0. The number of fused-ring (bicyclic) bond motifs is 3. The topological polar surface area (TPSA) is 51.2 Å². The van der Waals surface area contributed by atoms with E-state index in [2.05, 4.69) is 16.7 Å². The van der Waals surface area contributed by atoms with Crippen molar-refractivity contribution in [2.45, 2.75) is 6.54 Å². The molecule has 0 bridgehead atoms. The molecule has 0 saturated heterocycles. The van der Waals surface area contributed by atoms with E-state index in [0.29, 0.717) is 6.54 Å². The minimum atomic E-state index is 0. The van der Waals surface area contributed by atoms with E-state index in [9.17, 15) is 0 Å². The minimum absolute atomic E-state index is 0. The monoisotopic (exact) mass is 262 g/mol. The van der Waals surface area contributed by atoms with Crippen LogP contribution in [-0.4, -0.2) is 16.3 Å². The van der Waals surface area contributed by atoms with Crippen LogP contribution in [0, 0.1) is 0 Å². The Bertz CT molecular complexity index is 691. The Balaban J connectivity index is 0.00000120. The zero-order valence-corrected chi connectivity index (χ0v) is 10.7. The fraction of sp³-hybridized carbons (Fsp3) is 0.143. The van der Waals surface area contributed by atoms with Crippen molar-refractivity contribution in [3.63, 3.8) is 0 Å². The summed E-state index contributed by atoms with van der Waals surface area (Å²) < 4.78 is 2.13. The number of nitrogens with two attached hydrogens (primary N) is 1. The lowest BCUT2D eigenvalue weighted by Gasteiger charge is -2.04. The van der Waals surface area contributed by atoms with E-state index in [0.717, 1.165) is 22.1 Å². The first kappa shape index (κ1) is 12.7. The predicted octanol–water partition coefficient (Wildman–Crippen LogP) is 2.79. The molecule has 0 amide bonds. The quantitative estimate of drug-likeness (QED) is 0.698. The molecule has 0 atom stereocenters. The van der Waals surface area contributed by atoms with Crippen LogP contribution in [0.5, 0.6) is 0 Å². The van der Waals surface area contributed by atoms with Crippen LogP contribution in [0.25, 0.3) is 21.8 Å². The van der Waals surface area contributed by atoms with E-state index in [-0.39, 0.29) is 19.0 Å². The second kappa shape index (κ2) is 4.88. The van der Waals surface area contributed by atoms with Gasteiger partial charge in [-0.05, 0) is 24.3 Å². The lowest BCUT2D eigenvalue weighted by Crippen LogP contribution is -2.01. The van der Waals surface area contributed by atoms with Crippen molar-refractivity contribution in [1.29, 1.82) is 0 Å². The van der Waals surface area contributed by atoms with Crippen LogP contribution in [0.2, 0.25) is 0 Å². The molecule has 0 aliphatic heterocycles. The van der Waals surface area contributed by atoms with Crippen LogP contribution in [0.4, 0.5) is 5.69 Å². The average molecular weight is 263 g/mol. The molecule has 1 heterocycles. The summed E-state index contributed by atoms with van der Waals surface area (Å²) in [5, 5.41) is 11.5. The van der Waals surface area contributed by atoms with Crippen molar-refractivity contribution >= 4 is 39.9 Å². The number of para-hydroxylation sites is 1. The van der Waals surface area contributed by atoms with Crippen LogP contribution in [0.15, 0.2) is 42.5 Å². The second-order valence-corrected chi connectivity index (χ2v) is 4.17. The van der Waals surface area contributed by atoms with Crippen LogP contribution >= 0.6 is 12.4 Å². The Morgan fingerprint density at radius 3 is 2.50 bits per heavy atom. The molecule has 18 heavy (non-hydrogen) atoms. The maximum Gasteiger partial charge on any atom is 0.0610 e. The Morgan fingerprint density at radius 2 is 1.72 bits per heavy atom. The van der Waals surface area contributed by atoms with Gasteiger partial charge in [0.2, 0.25) is 0 Å². The number of anilines is 1. The fourth-order valence-electron chi connectivity index (χ4n) is 2.41. The molecule has 0 aliphatic rings. The summed E-state index contributed by atoms with van der Waals surface area (Å²) in [5.74, 6) is 0. The van der Waals surface area contributed by atoms with Gasteiger partial charge >= 0.3 is 0 Å². The third kappa shape index (κ3) is 1.82. The van der Waals surface area contributed by atoms with E-state index < -0.39 is 0 Å². The van der Waals surface area contributed by atoms with Gasteiger partial charge in [0.25, 0.3) is 0 Å². The Hall–Kier alpha value is -1.71. The van der Waals surface area contributed by atoms with Crippen molar-refractivity contribution in [3.05, 3.63) is 42.5 Å². The van der Waals surface area contributed by atoms with Gasteiger partial charge in [-0.2, -0.15) is 0 Å². The van der Waals surface area contributed by atoms with E-state index >= 15 is 0 Å². The Kier molecular flexibility index (Phi) is 3.45. The van der Waals surface area contributed by atoms with Gasteiger partial charge in [0.05, 0.1) is 6.61 Å². The summed E-state index contributed by atoms with van der Waals surface area (Å²) in [7, 11) is 0. The van der Waals surface area contributed by atoms with E-state index in [4.69, 9.17) is 10.8 Å². The largest absolute Gasteiger partial charge is 0.399 e. The molecular formula is C14H15ClN2O. The number of hydrogen-bond donors (Lipinski definition) is 2. The molecule has 3 aromatic rings. The molecule has 0 unspecified atom stereocenters. The smallest absolute Gasteiger partial charge is 0.0610 e. The normalized spacial score (nSPS) is 10.7. The molecule has 0 fully saturated rings. The Morgan fingerprint density at radius 1 is 1.00 bits per heavy atom. The van der Waals surface area contributed by atoms with Gasteiger partial charge in [0.1, 0.15) is 0 Å². The zero-order valence-electron chi connectivity index (χ0n) is 9.84. The summed E-state index contributed by atoms with van der Waals surface area (Å²) in [6.07, 6.45) is 0. The number of halogens is 1. The van der Waals surface area contributed by atoms with Gasteiger partial charge in [-0.25, -0.2) is 0 Å². The number of benzene rings is 2. The van der Waals surface area contributed by atoms with Crippen molar-refractivity contribution in [3.8, 4) is 0 Å². The second-order valence-electron chi connectivity index (χ2n) is 4.17. The molecule has 3 nitrogen and oxygen atoms in total. The van der Waals surface area contributed by atoms with Gasteiger partial charge in [-0.3, -0.25) is 0 Å². The molecule has 3 rings (SSSR count).